The summed E-state index contributed by atoms with van der Waals surface area (Å²) in [6.45, 7) is 1.80. The number of rotatable bonds is 5. The predicted molar refractivity (Wildman–Crippen MR) is 61.7 cm³/mol. The molecule has 0 saturated heterocycles. The van der Waals surface area contributed by atoms with Crippen LogP contribution in [0.4, 0.5) is 5.69 Å². The number of nitrogens with two attached hydrogens (primary N) is 1. The lowest BCUT2D eigenvalue weighted by atomic mass is 10.3. The molecule has 0 aliphatic rings. The smallest absolute Gasteiger partial charge is 0.303 e. The highest BCUT2D eigenvalue weighted by Gasteiger charge is 2.24. The lowest BCUT2D eigenvalue weighted by Crippen LogP contribution is -2.27. The second kappa shape index (κ2) is 5.18. The van der Waals surface area contributed by atoms with Gasteiger partial charge in [0.15, 0.2) is 0 Å². The fourth-order valence-corrected chi connectivity index (χ4v) is 1.99. The van der Waals surface area contributed by atoms with Gasteiger partial charge in [0.05, 0.1) is 5.69 Å². The van der Waals surface area contributed by atoms with E-state index in [-0.39, 0.29) is 12.2 Å². The Labute approximate surface area is 95.0 Å². The highest BCUT2D eigenvalue weighted by molar-refractivity contribution is 7.86. The summed E-state index contributed by atoms with van der Waals surface area (Å²) in [7, 11) is -4.22. The second-order valence-corrected chi connectivity index (χ2v) is 4.94. The standard InChI is InChI=1S/C10H15NO4S/c1-2-5-10(16(12,13)14)15-9-7-4-3-6-8(9)11/h3-4,6-7,10H,2,5,11H2,1H3,(H,12,13,14). The number of anilines is 1. The summed E-state index contributed by atoms with van der Waals surface area (Å²) >= 11 is 0. The van der Waals surface area contributed by atoms with Gasteiger partial charge in [0.2, 0.25) is 5.44 Å². The SMILES string of the molecule is CCCC(Oc1ccccc1N)S(=O)(=O)O. The molecule has 16 heavy (non-hydrogen) atoms. The Morgan fingerprint density at radius 3 is 2.56 bits per heavy atom. The topological polar surface area (TPSA) is 89.6 Å². The Hall–Kier alpha value is -1.27. The molecule has 1 atom stereocenters. The maximum Gasteiger partial charge on any atom is 0.303 e. The van der Waals surface area contributed by atoms with Crippen molar-refractivity contribution in [2.24, 2.45) is 0 Å². The molecule has 1 aromatic rings. The summed E-state index contributed by atoms with van der Waals surface area (Å²) in [4.78, 5) is 0. The molecule has 1 aromatic carbocycles. The molecular formula is C10H15NO4S. The molecular weight excluding hydrogens is 230 g/mol. The van der Waals surface area contributed by atoms with Crippen molar-refractivity contribution in [3.8, 4) is 5.75 Å². The van der Waals surface area contributed by atoms with Crippen LogP contribution in [0.5, 0.6) is 5.75 Å². The van der Waals surface area contributed by atoms with Crippen LogP contribution in [-0.2, 0) is 10.1 Å². The van der Waals surface area contributed by atoms with Crippen molar-refractivity contribution >= 4 is 15.8 Å². The number of ether oxygens (including phenoxy) is 1. The van der Waals surface area contributed by atoms with Crippen molar-refractivity contribution in [2.45, 2.75) is 25.2 Å². The van der Waals surface area contributed by atoms with E-state index in [1.807, 2.05) is 0 Å². The summed E-state index contributed by atoms with van der Waals surface area (Å²) in [5.74, 6) is 0.263. The van der Waals surface area contributed by atoms with E-state index in [9.17, 15) is 8.42 Å². The van der Waals surface area contributed by atoms with Gasteiger partial charge in [0.25, 0.3) is 0 Å². The lowest BCUT2D eigenvalue weighted by molar-refractivity contribution is 0.247. The van der Waals surface area contributed by atoms with E-state index < -0.39 is 15.6 Å². The molecule has 90 valence electrons. The van der Waals surface area contributed by atoms with Crippen molar-refractivity contribution in [1.82, 2.24) is 0 Å². The van der Waals surface area contributed by atoms with Gasteiger partial charge < -0.3 is 10.5 Å². The maximum atomic E-state index is 11.0. The Kier molecular flexibility index (Phi) is 4.14. The first-order valence-corrected chi connectivity index (χ1v) is 6.43. The molecule has 6 heteroatoms. The first-order chi connectivity index (χ1) is 7.45. The summed E-state index contributed by atoms with van der Waals surface area (Å²) in [6.07, 6.45) is 0.796. The molecule has 1 rings (SSSR count). The summed E-state index contributed by atoms with van der Waals surface area (Å²) in [5, 5.41) is 0. The van der Waals surface area contributed by atoms with Gasteiger partial charge in [-0.05, 0) is 12.1 Å². The minimum absolute atomic E-state index is 0.215. The van der Waals surface area contributed by atoms with Gasteiger partial charge in [-0.15, -0.1) is 0 Å². The average molecular weight is 245 g/mol. The van der Waals surface area contributed by atoms with Crippen LogP contribution in [0.1, 0.15) is 19.8 Å². The van der Waals surface area contributed by atoms with E-state index in [1.54, 1.807) is 31.2 Å². The molecule has 1 unspecified atom stereocenters. The first kappa shape index (κ1) is 12.8. The van der Waals surface area contributed by atoms with Gasteiger partial charge in [0, 0.05) is 6.42 Å². The van der Waals surface area contributed by atoms with Crippen molar-refractivity contribution in [2.75, 3.05) is 5.73 Å². The van der Waals surface area contributed by atoms with Crippen LogP contribution in [0, 0.1) is 0 Å². The van der Waals surface area contributed by atoms with Crippen molar-refractivity contribution < 1.29 is 17.7 Å². The zero-order valence-corrected chi connectivity index (χ0v) is 9.78. The van der Waals surface area contributed by atoms with Crippen LogP contribution in [-0.4, -0.2) is 18.4 Å². The summed E-state index contributed by atoms with van der Waals surface area (Å²) in [5.41, 5.74) is 4.69. The lowest BCUT2D eigenvalue weighted by Gasteiger charge is -2.16. The van der Waals surface area contributed by atoms with Crippen LogP contribution in [0.25, 0.3) is 0 Å². The van der Waals surface area contributed by atoms with Gasteiger partial charge in [-0.3, -0.25) is 4.55 Å². The van der Waals surface area contributed by atoms with Crippen molar-refractivity contribution in [1.29, 1.82) is 0 Å². The van der Waals surface area contributed by atoms with E-state index in [0.29, 0.717) is 12.1 Å². The third-order valence-electron chi connectivity index (χ3n) is 2.03. The van der Waals surface area contributed by atoms with Gasteiger partial charge >= 0.3 is 10.1 Å². The molecule has 0 amide bonds. The largest absolute Gasteiger partial charge is 0.470 e. The van der Waals surface area contributed by atoms with Crippen molar-refractivity contribution in [3.05, 3.63) is 24.3 Å². The molecule has 0 saturated carbocycles. The fraction of sp³-hybridized carbons (Fsp3) is 0.400. The van der Waals surface area contributed by atoms with E-state index in [2.05, 4.69) is 0 Å². The quantitative estimate of drug-likeness (QED) is 0.608. The minimum atomic E-state index is -4.22. The minimum Gasteiger partial charge on any atom is -0.470 e. The number of hydrogen-bond acceptors (Lipinski definition) is 4. The van der Waals surface area contributed by atoms with Crippen molar-refractivity contribution in [3.63, 3.8) is 0 Å². The first-order valence-electron chi connectivity index (χ1n) is 4.92. The highest BCUT2D eigenvalue weighted by atomic mass is 32.2. The molecule has 0 heterocycles. The summed E-state index contributed by atoms with van der Waals surface area (Å²) in [6, 6.07) is 6.55. The van der Waals surface area contributed by atoms with Gasteiger partial charge in [-0.1, -0.05) is 25.5 Å². The van der Waals surface area contributed by atoms with Crippen LogP contribution in [0.2, 0.25) is 0 Å². The number of para-hydroxylation sites is 2. The number of nitrogen functional groups attached to an aromatic ring is 1. The monoisotopic (exact) mass is 245 g/mol. The zero-order chi connectivity index (χ0) is 12.2. The molecule has 0 bridgehead atoms. The molecule has 0 aliphatic carbocycles. The molecule has 0 fully saturated rings. The molecule has 0 spiro atoms. The Morgan fingerprint density at radius 1 is 1.44 bits per heavy atom. The third kappa shape index (κ3) is 3.39. The molecule has 0 aromatic heterocycles. The Balaban J connectivity index is 2.89. The third-order valence-corrected chi connectivity index (χ3v) is 3.03. The van der Waals surface area contributed by atoms with Crippen LogP contribution in [0.15, 0.2) is 24.3 Å². The number of benzene rings is 1. The van der Waals surface area contributed by atoms with Crippen LogP contribution >= 0.6 is 0 Å². The van der Waals surface area contributed by atoms with E-state index >= 15 is 0 Å². The highest BCUT2D eigenvalue weighted by Crippen LogP contribution is 2.23. The molecule has 3 N–H and O–H groups in total. The van der Waals surface area contributed by atoms with Gasteiger partial charge in [-0.2, -0.15) is 8.42 Å². The average Bonchev–Trinajstić information content (AvgIpc) is 2.19. The fourth-order valence-electron chi connectivity index (χ4n) is 1.23. The molecule has 5 nitrogen and oxygen atoms in total. The molecule has 0 aliphatic heterocycles. The Morgan fingerprint density at radius 2 is 2.06 bits per heavy atom. The normalized spacial score (nSPS) is 13.4. The van der Waals surface area contributed by atoms with Crippen LogP contribution < -0.4 is 10.5 Å². The second-order valence-electron chi connectivity index (χ2n) is 3.39. The number of hydrogen-bond donors (Lipinski definition) is 2. The van der Waals surface area contributed by atoms with E-state index in [1.165, 1.54) is 0 Å². The van der Waals surface area contributed by atoms with E-state index in [0.717, 1.165) is 0 Å². The van der Waals surface area contributed by atoms with Gasteiger partial charge in [-0.25, -0.2) is 0 Å². The molecule has 0 radical (unpaired) electrons. The van der Waals surface area contributed by atoms with E-state index in [4.69, 9.17) is 15.0 Å². The Bertz CT molecular complexity index is 444. The summed E-state index contributed by atoms with van der Waals surface area (Å²) < 4.78 is 36.2. The maximum absolute atomic E-state index is 11.0. The zero-order valence-electron chi connectivity index (χ0n) is 8.96. The van der Waals surface area contributed by atoms with Gasteiger partial charge in [0.1, 0.15) is 5.75 Å². The van der Waals surface area contributed by atoms with Crippen LogP contribution in [0.3, 0.4) is 0 Å². The predicted octanol–water partition coefficient (Wildman–Crippen LogP) is 1.66.